The van der Waals surface area contributed by atoms with Crippen LogP contribution in [0.5, 0.6) is 0 Å². The van der Waals surface area contributed by atoms with E-state index >= 15 is 0 Å². The van der Waals surface area contributed by atoms with Gasteiger partial charge >= 0.3 is 11.9 Å². The van der Waals surface area contributed by atoms with Crippen LogP contribution in [-0.4, -0.2) is 60.0 Å². The first kappa shape index (κ1) is 16.9. The Balaban J connectivity index is 2.62. The van der Waals surface area contributed by atoms with E-state index in [4.69, 9.17) is 5.11 Å². The van der Waals surface area contributed by atoms with Crippen molar-refractivity contribution in [3.05, 3.63) is 0 Å². The van der Waals surface area contributed by atoms with Gasteiger partial charge in [-0.1, -0.05) is 0 Å². The molecule has 1 aliphatic heterocycles. The van der Waals surface area contributed by atoms with E-state index in [1.807, 2.05) is 0 Å². The maximum Gasteiger partial charge on any atom is 0.326 e. The summed E-state index contributed by atoms with van der Waals surface area (Å²) >= 11 is 0. The van der Waals surface area contributed by atoms with Crippen molar-refractivity contribution >= 4 is 23.8 Å². The third-order valence-corrected chi connectivity index (χ3v) is 3.45. The number of nitrogens with zero attached hydrogens (tertiary/aromatic N) is 1. The number of hydrogen-bond donors (Lipinski definition) is 2. The first-order chi connectivity index (χ1) is 9.85. The fourth-order valence-corrected chi connectivity index (χ4v) is 2.22. The topological polar surface area (TPSA) is 113 Å². The molecular weight excluding hydrogens is 280 g/mol. The number of methoxy groups -OCH3 is 1. The second kappa shape index (κ2) is 7.61. The number of aliphatic carboxylic acids is 1. The molecule has 2 atom stereocenters. The molecule has 0 aromatic rings. The summed E-state index contributed by atoms with van der Waals surface area (Å²) in [6.07, 6.45) is 0.841. The molecule has 8 heteroatoms. The van der Waals surface area contributed by atoms with E-state index < -0.39 is 36.2 Å². The Bertz CT molecular complexity index is 436. The van der Waals surface area contributed by atoms with Crippen LogP contribution in [0.15, 0.2) is 0 Å². The fourth-order valence-electron chi connectivity index (χ4n) is 2.22. The van der Waals surface area contributed by atoms with Gasteiger partial charge in [0.2, 0.25) is 11.8 Å². The summed E-state index contributed by atoms with van der Waals surface area (Å²) in [5.41, 5.74) is 0. The molecule has 8 nitrogen and oxygen atoms in total. The average Bonchev–Trinajstić information content (AvgIpc) is 2.46. The van der Waals surface area contributed by atoms with Gasteiger partial charge in [0.05, 0.1) is 19.4 Å². The minimum Gasteiger partial charge on any atom is -0.480 e. The van der Waals surface area contributed by atoms with Crippen LogP contribution in [0.1, 0.15) is 26.2 Å². The lowest BCUT2D eigenvalue weighted by Crippen LogP contribution is -2.49. The minimum absolute atomic E-state index is 0.114. The summed E-state index contributed by atoms with van der Waals surface area (Å²) in [6.45, 7) is 2.30. The molecule has 1 saturated heterocycles. The molecule has 1 fully saturated rings. The van der Waals surface area contributed by atoms with E-state index in [0.29, 0.717) is 19.4 Å². The lowest BCUT2D eigenvalue weighted by Gasteiger charge is -2.31. The van der Waals surface area contributed by atoms with Gasteiger partial charge in [-0.15, -0.1) is 0 Å². The molecule has 0 aliphatic carbocycles. The first-order valence-corrected chi connectivity index (χ1v) is 6.70. The maximum atomic E-state index is 12.1. The van der Waals surface area contributed by atoms with Gasteiger partial charge in [0.15, 0.2) is 0 Å². The molecule has 0 spiro atoms. The zero-order valence-electron chi connectivity index (χ0n) is 12.1. The second-order valence-electron chi connectivity index (χ2n) is 4.98. The molecule has 0 aromatic heterocycles. The summed E-state index contributed by atoms with van der Waals surface area (Å²) < 4.78 is 4.40. The van der Waals surface area contributed by atoms with Crippen molar-refractivity contribution in [2.24, 2.45) is 5.92 Å². The van der Waals surface area contributed by atoms with E-state index in [-0.39, 0.29) is 12.5 Å². The van der Waals surface area contributed by atoms with Crippen LogP contribution in [0.4, 0.5) is 0 Å². The number of piperidine rings is 1. The third kappa shape index (κ3) is 5.05. The number of likely N-dealkylation sites (tertiary alicyclic amines) is 1. The number of carbonyl (C=O) groups is 4. The van der Waals surface area contributed by atoms with Crippen LogP contribution >= 0.6 is 0 Å². The van der Waals surface area contributed by atoms with Crippen molar-refractivity contribution in [3.63, 3.8) is 0 Å². The monoisotopic (exact) mass is 300 g/mol. The zero-order valence-corrected chi connectivity index (χ0v) is 12.1. The molecule has 0 radical (unpaired) electrons. The third-order valence-electron chi connectivity index (χ3n) is 3.45. The summed E-state index contributed by atoms with van der Waals surface area (Å²) in [4.78, 5) is 47.2. The molecule has 1 heterocycles. The van der Waals surface area contributed by atoms with Crippen molar-refractivity contribution in [1.29, 1.82) is 0 Å². The number of esters is 1. The smallest absolute Gasteiger partial charge is 0.326 e. The van der Waals surface area contributed by atoms with Crippen LogP contribution in [-0.2, 0) is 23.9 Å². The van der Waals surface area contributed by atoms with Crippen LogP contribution in [0.25, 0.3) is 0 Å². The van der Waals surface area contributed by atoms with E-state index in [1.54, 1.807) is 4.90 Å². The number of nitrogens with one attached hydrogen (secondary N) is 1. The quantitative estimate of drug-likeness (QED) is 0.654. The molecule has 2 amide bonds. The molecule has 118 valence electrons. The Morgan fingerprint density at radius 3 is 2.57 bits per heavy atom. The Morgan fingerprint density at radius 1 is 1.38 bits per heavy atom. The van der Waals surface area contributed by atoms with Gasteiger partial charge in [0.1, 0.15) is 6.04 Å². The van der Waals surface area contributed by atoms with Gasteiger partial charge in [-0.25, -0.2) is 4.79 Å². The van der Waals surface area contributed by atoms with Crippen LogP contribution < -0.4 is 5.32 Å². The Kier molecular flexibility index (Phi) is 6.13. The summed E-state index contributed by atoms with van der Waals surface area (Å²) in [5, 5.41) is 11.4. The van der Waals surface area contributed by atoms with Crippen molar-refractivity contribution < 1.29 is 29.0 Å². The number of carboxylic acids is 1. The number of rotatable bonds is 5. The predicted octanol–water partition coefficient (Wildman–Crippen LogP) is -0.623. The zero-order chi connectivity index (χ0) is 16.0. The average molecular weight is 300 g/mol. The lowest BCUT2D eigenvalue weighted by atomic mass is 9.96. The van der Waals surface area contributed by atoms with Crippen molar-refractivity contribution in [3.8, 4) is 0 Å². The predicted molar refractivity (Wildman–Crippen MR) is 71.2 cm³/mol. The van der Waals surface area contributed by atoms with Crippen LogP contribution in [0.2, 0.25) is 0 Å². The molecule has 0 bridgehead atoms. The highest BCUT2D eigenvalue weighted by Gasteiger charge is 2.31. The molecule has 0 saturated carbocycles. The van der Waals surface area contributed by atoms with E-state index in [1.165, 1.54) is 6.92 Å². The van der Waals surface area contributed by atoms with Gasteiger partial charge in [-0.3, -0.25) is 14.4 Å². The van der Waals surface area contributed by atoms with Crippen LogP contribution in [0.3, 0.4) is 0 Å². The van der Waals surface area contributed by atoms with Gasteiger partial charge in [-0.05, 0) is 12.8 Å². The minimum atomic E-state index is -1.32. The second-order valence-corrected chi connectivity index (χ2v) is 4.98. The lowest BCUT2D eigenvalue weighted by molar-refractivity contribution is -0.149. The number of amides is 2. The molecular formula is C13H20N2O6. The molecule has 1 aliphatic rings. The van der Waals surface area contributed by atoms with Gasteiger partial charge in [0, 0.05) is 20.0 Å². The van der Waals surface area contributed by atoms with Crippen molar-refractivity contribution in [2.75, 3.05) is 20.2 Å². The fraction of sp³-hybridized carbons (Fsp3) is 0.692. The Labute approximate surface area is 122 Å². The highest BCUT2D eigenvalue weighted by Crippen LogP contribution is 2.17. The van der Waals surface area contributed by atoms with Crippen molar-refractivity contribution in [1.82, 2.24) is 10.2 Å². The normalized spacial score (nSPS) is 19.5. The van der Waals surface area contributed by atoms with Crippen LogP contribution in [0, 0.1) is 5.92 Å². The first-order valence-electron chi connectivity index (χ1n) is 6.70. The van der Waals surface area contributed by atoms with E-state index in [2.05, 4.69) is 10.1 Å². The van der Waals surface area contributed by atoms with Gasteiger partial charge < -0.3 is 20.1 Å². The van der Waals surface area contributed by atoms with E-state index in [9.17, 15) is 19.2 Å². The Morgan fingerprint density at radius 2 is 2.05 bits per heavy atom. The molecule has 21 heavy (non-hydrogen) atoms. The molecule has 1 unspecified atom stereocenters. The molecule has 0 aromatic carbocycles. The maximum absolute atomic E-state index is 12.1. The van der Waals surface area contributed by atoms with E-state index in [0.717, 1.165) is 7.11 Å². The largest absolute Gasteiger partial charge is 0.480 e. The summed E-state index contributed by atoms with van der Waals surface area (Å²) in [6, 6.07) is -1.32. The Hall–Kier alpha value is -2.12. The number of hydrogen-bond acceptors (Lipinski definition) is 5. The molecule has 1 rings (SSSR count). The number of carboxylic acid groups (broad SMARTS) is 1. The highest BCUT2D eigenvalue weighted by molar-refractivity contribution is 5.88. The number of ether oxygens (including phenoxy) is 1. The van der Waals surface area contributed by atoms with Gasteiger partial charge in [-0.2, -0.15) is 0 Å². The highest BCUT2D eigenvalue weighted by atomic mass is 16.5. The summed E-state index contributed by atoms with van der Waals surface area (Å²) in [7, 11) is 1.15. The SMILES string of the molecule is COC(=O)C[C@H](NC(=O)C1CCCN(C(C)=O)C1)C(=O)O. The standard InChI is InChI=1S/C13H20N2O6/c1-8(16)15-5-3-4-9(7-15)12(18)14-10(13(19)20)6-11(17)21-2/h9-10H,3-7H2,1-2H3,(H,14,18)(H,19,20)/t9?,10-/m0/s1. The summed E-state index contributed by atoms with van der Waals surface area (Å²) in [5.74, 6) is -3.04. The number of carbonyl (C=O) groups excluding carboxylic acids is 3. The van der Waals surface area contributed by atoms with Gasteiger partial charge in [0.25, 0.3) is 0 Å². The molecule has 2 N–H and O–H groups in total. The van der Waals surface area contributed by atoms with Crippen molar-refractivity contribution in [2.45, 2.75) is 32.2 Å².